The van der Waals surface area contributed by atoms with Gasteiger partial charge < -0.3 is 5.32 Å². The molecule has 0 aliphatic heterocycles. The van der Waals surface area contributed by atoms with Crippen LogP contribution in [0.3, 0.4) is 0 Å². The minimum absolute atomic E-state index is 0.264. The maximum Gasteiger partial charge on any atom is 0.401 e. The lowest BCUT2D eigenvalue weighted by molar-refractivity contribution is -0.125. The second kappa shape index (κ2) is 5.08. The van der Waals surface area contributed by atoms with Crippen molar-refractivity contribution < 1.29 is 13.2 Å². The number of nitrogens with one attached hydrogen (secondary N) is 1. The molecule has 0 fully saturated rings. The van der Waals surface area contributed by atoms with Gasteiger partial charge in [-0.3, -0.25) is 0 Å². The van der Waals surface area contributed by atoms with Gasteiger partial charge in [0.2, 0.25) is 0 Å². The molecule has 0 saturated carbocycles. The fraction of sp³-hybridized carbons (Fsp3) is 0.538. The molecule has 1 N–H and O–H groups in total. The molecule has 0 aliphatic carbocycles. The summed E-state index contributed by atoms with van der Waals surface area (Å²) in [7, 11) is 0. The molecule has 0 amide bonds. The van der Waals surface area contributed by atoms with Gasteiger partial charge in [-0.25, -0.2) is 0 Å². The first kappa shape index (κ1) is 14.0. The van der Waals surface area contributed by atoms with Crippen LogP contribution in [0.15, 0.2) is 6.07 Å². The fourth-order valence-corrected chi connectivity index (χ4v) is 1.89. The van der Waals surface area contributed by atoms with Crippen LogP contribution in [0.25, 0.3) is 0 Å². The number of aryl methyl sites for hydroxylation is 2. The molecule has 0 radical (unpaired) electrons. The van der Waals surface area contributed by atoms with Crippen molar-refractivity contribution >= 4 is 0 Å². The molecule has 1 rings (SSSR count). The number of alkyl halides is 3. The molecule has 0 heterocycles. The topological polar surface area (TPSA) is 12.0 Å². The Kier molecular flexibility index (Phi) is 4.20. The van der Waals surface area contributed by atoms with Crippen molar-refractivity contribution in [2.75, 3.05) is 6.54 Å². The zero-order valence-electron chi connectivity index (χ0n) is 10.6. The monoisotopic (exact) mass is 245 g/mol. The van der Waals surface area contributed by atoms with Gasteiger partial charge in [0.1, 0.15) is 0 Å². The molecule has 0 spiro atoms. The summed E-state index contributed by atoms with van der Waals surface area (Å²) >= 11 is 0. The third-order valence-corrected chi connectivity index (χ3v) is 3.15. The Morgan fingerprint density at radius 1 is 1.00 bits per heavy atom. The number of rotatable bonds is 3. The van der Waals surface area contributed by atoms with Crippen molar-refractivity contribution in [2.45, 2.75) is 40.4 Å². The average molecular weight is 245 g/mol. The summed E-state index contributed by atoms with van der Waals surface area (Å²) in [5.74, 6) is 0. The van der Waals surface area contributed by atoms with E-state index in [1.807, 2.05) is 27.7 Å². The van der Waals surface area contributed by atoms with Crippen molar-refractivity contribution in [1.29, 1.82) is 0 Å². The van der Waals surface area contributed by atoms with Gasteiger partial charge in [-0.1, -0.05) is 6.07 Å². The van der Waals surface area contributed by atoms with E-state index >= 15 is 0 Å². The summed E-state index contributed by atoms with van der Waals surface area (Å²) in [6.45, 7) is 7.18. The standard InChI is InChI=1S/C13H18F3N/c1-8-5-9(2)11(4)12(10(8)3)6-17-7-13(14,15)16/h5,17H,6-7H2,1-4H3. The van der Waals surface area contributed by atoms with Crippen molar-refractivity contribution in [3.8, 4) is 0 Å². The molecule has 96 valence electrons. The number of hydrogen-bond acceptors (Lipinski definition) is 1. The lowest BCUT2D eigenvalue weighted by atomic mass is 9.94. The van der Waals surface area contributed by atoms with Crippen LogP contribution >= 0.6 is 0 Å². The Bertz CT molecular complexity index is 382. The third kappa shape index (κ3) is 3.73. The van der Waals surface area contributed by atoms with E-state index < -0.39 is 12.7 Å². The van der Waals surface area contributed by atoms with Crippen molar-refractivity contribution in [1.82, 2.24) is 5.32 Å². The van der Waals surface area contributed by atoms with Crippen molar-refractivity contribution in [2.24, 2.45) is 0 Å². The molecule has 1 aromatic rings. The molecular formula is C13H18F3N. The molecule has 1 nitrogen and oxygen atoms in total. The van der Waals surface area contributed by atoms with Gasteiger partial charge >= 0.3 is 6.18 Å². The molecule has 0 aliphatic rings. The van der Waals surface area contributed by atoms with Crippen LogP contribution in [0, 0.1) is 27.7 Å². The summed E-state index contributed by atoms with van der Waals surface area (Å²) in [5, 5.41) is 2.45. The van der Waals surface area contributed by atoms with Gasteiger partial charge in [-0.2, -0.15) is 13.2 Å². The van der Waals surface area contributed by atoms with Crippen LogP contribution in [0.1, 0.15) is 27.8 Å². The van der Waals surface area contributed by atoms with Crippen LogP contribution in [0.5, 0.6) is 0 Å². The van der Waals surface area contributed by atoms with Crippen LogP contribution in [0.4, 0.5) is 13.2 Å². The van der Waals surface area contributed by atoms with E-state index in [4.69, 9.17) is 0 Å². The van der Waals surface area contributed by atoms with E-state index in [9.17, 15) is 13.2 Å². The summed E-state index contributed by atoms with van der Waals surface area (Å²) in [6, 6.07) is 2.07. The summed E-state index contributed by atoms with van der Waals surface area (Å²) in [6.07, 6.45) is -4.15. The average Bonchev–Trinajstić information content (AvgIpc) is 2.19. The van der Waals surface area contributed by atoms with E-state index in [1.54, 1.807) is 0 Å². The Hall–Kier alpha value is -1.03. The molecular weight excluding hydrogens is 227 g/mol. The van der Waals surface area contributed by atoms with Crippen LogP contribution in [0.2, 0.25) is 0 Å². The minimum atomic E-state index is -4.15. The predicted octanol–water partition coefficient (Wildman–Crippen LogP) is 3.57. The normalized spacial score (nSPS) is 11.9. The summed E-state index contributed by atoms with van der Waals surface area (Å²) < 4.78 is 36.2. The van der Waals surface area contributed by atoms with Gasteiger partial charge in [0.05, 0.1) is 6.54 Å². The largest absolute Gasteiger partial charge is 0.401 e. The lowest BCUT2D eigenvalue weighted by Gasteiger charge is -2.16. The molecule has 0 unspecified atom stereocenters. The Morgan fingerprint density at radius 2 is 1.47 bits per heavy atom. The second-order valence-corrected chi connectivity index (χ2v) is 4.46. The first-order valence-electron chi connectivity index (χ1n) is 5.56. The SMILES string of the molecule is Cc1cc(C)c(C)c(CNCC(F)(F)F)c1C. The Morgan fingerprint density at radius 3 is 1.88 bits per heavy atom. The third-order valence-electron chi connectivity index (χ3n) is 3.15. The molecule has 0 bridgehead atoms. The van der Waals surface area contributed by atoms with Crippen LogP contribution < -0.4 is 5.32 Å². The zero-order chi connectivity index (χ0) is 13.2. The summed E-state index contributed by atoms with van der Waals surface area (Å²) in [5.41, 5.74) is 5.37. The van der Waals surface area contributed by atoms with E-state index in [2.05, 4.69) is 11.4 Å². The van der Waals surface area contributed by atoms with Gasteiger partial charge in [0, 0.05) is 6.54 Å². The number of halogens is 3. The molecule has 0 atom stereocenters. The van der Waals surface area contributed by atoms with E-state index in [-0.39, 0.29) is 6.54 Å². The zero-order valence-corrected chi connectivity index (χ0v) is 10.6. The summed E-state index contributed by atoms with van der Waals surface area (Å²) in [4.78, 5) is 0. The molecule has 1 aromatic carbocycles. The number of benzene rings is 1. The quantitative estimate of drug-likeness (QED) is 0.858. The Balaban J connectivity index is 2.84. The highest BCUT2D eigenvalue weighted by Crippen LogP contribution is 2.22. The minimum Gasteiger partial charge on any atom is -0.305 e. The van der Waals surface area contributed by atoms with Gasteiger partial charge in [0.15, 0.2) is 0 Å². The van der Waals surface area contributed by atoms with Crippen LogP contribution in [-0.4, -0.2) is 12.7 Å². The lowest BCUT2D eigenvalue weighted by Crippen LogP contribution is -2.28. The fourth-order valence-electron chi connectivity index (χ4n) is 1.89. The maximum atomic E-state index is 12.1. The molecule has 0 aromatic heterocycles. The maximum absolute atomic E-state index is 12.1. The molecule has 17 heavy (non-hydrogen) atoms. The van der Waals surface area contributed by atoms with E-state index in [0.717, 1.165) is 27.8 Å². The number of hydrogen-bond donors (Lipinski definition) is 1. The predicted molar refractivity (Wildman–Crippen MR) is 63.2 cm³/mol. The van der Waals surface area contributed by atoms with Crippen molar-refractivity contribution in [3.63, 3.8) is 0 Å². The highest BCUT2D eigenvalue weighted by molar-refractivity contribution is 5.43. The van der Waals surface area contributed by atoms with Gasteiger partial charge in [-0.05, 0) is 55.5 Å². The van der Waals surface area contributed by atoms with Gasteiger partial charge in [0.25, 0.3) is 0 Å². The highest BCUT2D eigenvalue weighted by atomic mass is 19.4. The second-order valence-electron chi connectivity index (χ2n) is 4.46. The van der Waals surface area contributed by atoms with Crippen molar-refractivity contribution in [3.05, 3.63) is 33.9 Å². The smallest absolute Gasteiger partial charge is 0.305 e. The van der Waals surface area contributed by atoms with E-state index in [1.165, 1.54) is 0 Å². The first-order valence-corrected chi connectivity index (χ1v) is 5.56. The van der Waals surface area contributed by atoms with Crippen LogP contribution in [-0.2, 0) is 6.54 Å². The van der Waals surface area contributed by atoms with Gasteiger partial charge in [-0.15, -0.1) is 0 Å². The Labute approximate surface area is 100 Å². The first-order chi connectivity index (χ1) is 7.72. The molecule has 0 saturated heterocycles. The highest BCUT2D eigenvalue weighted by Gasteiger charge is 2.26. The van der Waals surface area contributed by atoms with E-state index in [0.29, 0.717) is 0 Å². The molecule has 4 heteroatoms.